The lowest BCUT2D eigenvalue weighted by Crippen LogP contribution is -2.66. The third-order valence-corrected chi connectivity index (χ3v) is 5.06. The summed E-state index contributed by atoms with van der Waals surface area (Å²) in [4.78, 5) is 27.1. The highest BCUT2D eigenvalue weighted by Gasteiger charge is 2.48. The van der Waals surface area contributed by atoms with Crippen LogP contribution in [0.3, 0.4) is 0 Å². The maximum atomic E-state index is 12.9. The van der Waals surface area contributed by atoms with Crippen LogP contribution in [0.15, 0.2) is 18.2 Å². The zero-order chi connectivity index (χ0) is 18.3. The number of likely N-dealkylation sites (tertiary alicyclic amines) is 1. The molecule has 0 aliphatic carbocycles. The Balaban J connectivity index is 2.26. The highest BCUT2D eigenvalue weighted by molar-refractivity contribution is 6.40. The molecule has 132 valence electrons. The van der Waals surface area contributed by atoms with E-state index in [2.05, 4.69) is 5.32 Å². The van der Waals surface area contributed by atoms with Gasteiger partial charge >= 0.3 is 11.8 Å². The molecule has 0 radical (unpaired) electrons. The van der Waals surface area contributed by atoms with Crippen molar-refractivity contribution in [3.05, 3.63) is 28.8 Å². The van der Waals surface area contributed by atoms with Gasteiger partial charge in [0.2, 0.25) is 0 Å². The lowest BCUT2D eigenvalue weighted by molar-refractivity contribution is -0.156. The normalized spacial score (nSPS) is 19.9. The molecule has 0 spiro atoms. The maximum absolute atomic E-state index is 12.9. The Labute approximate surface area is 148 Å². The summed E-state index contributed by atoms with van der Waals surface area (Å²) in [6.07, 6.45) is 1.32. The number of nitrogens with one attached hydrogen (secondary N) is 1. The van der Waals surface area contributed by atoms with E-state index in [9.17, 15) is 9.59 Å². The van der Waals surface area contributed by atoms with Crippen LogP contribution in [-0.2, 0) is 9.59 Å². The predicted molar refractivity (Wildman–Crippen MR) is 97.0 cm³/mol. The fourth-order valence-electron chi connectivity index (χ4n) is 3.93. The van der Waals surface area contributed by atoms with Gasteiger partial charge in [0.1, 0.15) is 0 Å². The second-order valence-corrected chi connectivity index (χ2v) is 8.21. The van der Waals surface area contributed by atoms with E-state index < -0.39 is 22.9 Å². The number of rotatable bonds is 1. The van der Waals surface area contributed by atoms with Crippen LogP contribution < -0.4 is 11.1 Å². The number of hydrogen-bond acceptors (Lipinski definition) is 3. The van der Waals surface area contributed by atoms with Gasteiger partial charge in [-0.2, -0.15) is 0 Å². The molecule has 0 unspecified atom stereocenters. The minimum Gasteiger partial charge on any atom is -0.328 e. The van der Waals surface area contributed by atoms with Crippen molar-refractivity contribution in [3.8, 4) is 0 Å². The maximum Gasteiger partial charge on any atom is 0.313 e. The van der Waals surface area contributed by atoms with E-state index in [1.807, 2.05) is 27.7 Å². The number of hydrogen-bond donors (Lipinski definition) is 2. The Bertz CT molecular complexity index is 652. The third-order valence-electron chi connectivity index (χ3n) is 4.65. The Kier molecular flexibility index (Phi) is 4.98. The molecule has 0 saturated carbocycles. The molecule has 1 aromatic rings. The van der Waals surface area contributed by atoms with E-state index >= 15 is 0 Å². The van der Waals surface area contributed by atoms with Gasteiger partial charge in [-0.05, 0) is 65.2 Å². The number of nitrogens with zero attached hydrogens (tertiary/aromatic N) is 1. The van der Waals surface area contributed by atoms with E-state index in [0.29, 0.717) is 23.6 Å². The fraction of sp³-hybridized carbons (Fsp3) is 0.556. The van der Waals surface area contributed by atoms with E-state index in [0.717, 1.165) is 5.56 Å². The summed E-state index contributed by atoms with van der Waals surface area (Å²) in [5.74, 6) is -1.20. The lowest BCUT2D eigenvalue weighted by Gasteiger charge is -2.54. The molecule has 2 amide bonds. The zero-order valence-corrected chi connectivity index (χ0v) is 15.7. The first kappa shape index (κ1) is 18.7. The first-order valence-electron chi connectivity index (χ1n) is 8.12. The summed E-state index contributed by atoms with van der Waals surface area (Å²) >= 11 is 6.07. The third kappa shape index (κ3) is 3.57. The molecule has 1 aliphatic rings. The average Bonchev–Trinajstić information content (AvgIpc) is 2.40. The van der Waals surface area contributed by atoms with E-state index in [-0.39, 0.29) is 6.04 Å². The fourth-order valence-corrected chi connectivity index (χ4v) is 4.10. The highest BCUT2D eigenvalue weighted by atomic mass is 35.5. The number of carbonyl (C=O) groups excluding carboxylic acids is 2. The van der Waals surface area contributed by atoms with Crippen molar-refractivity contribution >= 4 is 29.1 Å². The Morgan fingerprint density at radius 3 is 2.29 bits per heavy atom. The molecule has 2 rings (SSSR count). The highest BCUT2D eigenvalue weighted by Crippen LogP contribution is 2.38. The van der Waals surface area contributed by atoms with Crippen molar-refractivity contribution in [1.82, 2.24) is 4.90 Å². The minimum atomic E-state index is -0.656. The number of amides is 2. The predicted octanol–water partition coefficient (Wildman–Crippen LogP) is 3.09. The average molecular weight is 352 g/mol. The van der Waals surface area contributed by atoms with Crippen LogP contribution in [0.25, 0.3) is 0 Å². The summed E-state index contributed by atoms with van der Waals surface area (Å²) in [6, 6.07) is 5.22. The summed E-state index contributed by atoms with van der Waals surface area (Å²) < 4.78 is 0. The zero-order valence-electron chi connectivity index (χ0n) is 14.9. The molecular formula is C18H26ClN3O2. The van der Waals surface area contributed by atoms with Gasteiger partial charge in [-0.3, -0.25) is 9.59 Å². The van der Waals surface area contributed by atoms with Crippen LogP contribution in [0, 0.1) is 6.92 Å². The lowest BCUT2D eigenvalue weighted by atomic mass is 9.77. The molecule has 6 heteroatoms. The van der Waals surface area contributed by atoms with Crippen molar-refractivity contribution in [3.63, 3.8) is 0 Å². The van der Waals surface area contributed by atoms with Crippen LogP contribution in [0.4, 0.5) is 5.69 Å². The molecule has 24 heavy (non-hydrogen) atoms. The number of anilines is 1. The molecule has 0 bridgehead atoms. The standard InChI is InChI=1S/C18H26ClN3O2/c1-11-13(19)7-6-8-14(11)21-15(23)16(24)22-17(2,3)9-12(20)10-18(22,4)5/h6-8,12H,9-10,20H2,1-5H3,(H,21,23). The quantitative estimate of drug-likeness (QED) is 0.763. The van der Waals surface area contributed by atoms with Gasteiger partial charge in [-0.1, -0.05) is 17.7 Å². The van der Waals surface area contributed by atoms with E-state index in [1.54, 1.807) is 30.0 Å². The molecule has 0 aromatic heterocycles. The van der Waals surface area contributed by atoms with Crippen LogP contribution in [-0.4, -0.2) is 33.8 Å². The van der Waals surface area contributed by atoms with E-state index in [4.69, 9.17) is 17.3 Å². The molecule has 1 saturated heterocycles. The Morgan fingerprint density at radius 2 is 1.75 bits per heavy atom. The monoisotopic (exact) mass is 351 g/mol. The number of carbonyl (C=O) groups is 2. The van der Waals surface area contributed by atoms with Crippen molar-refractivity contribution < 1.29 is 9.59 Å². The van der Waals surface area contributed by atoms with Crippen LogP contribution in [0.1, 0.15) is 46.1 Å². The van der Waals surface area contributed by atoms with E-state index in [1.165, 1.54) is 0 Å². The summed E-state index contributed by atoms with van der Waals surface area (Å²) in [7, 11) is 0. The van der Waals surface area contributed by atoms with Crippen molar-refractivity contribution in [2.75, 3.05) is 5.32 Å². The van der Waals surface area contributed by atoms with Gasteiger partial charge in [0.15, 0.2) is 0 Å². The topological polar surface area (TPSA) is 75.4 Å². The minimum absolute atomic E-state index is 0.0114. The number of halogens is 1. The van der Waals surface area contributed by atoms with Gasteiger partial charge < -0.3 is 16.0 Å². The Morgan fingerprint density at radius 1 is 1.21 bits per heavy atom. The van der Waals surface area contributed by atoms with Crippen molar-refractivity contribution in [1.29, 1.82) is 0 Å². The second kappa shape index (κ2) is 6.37. The molecule has 1 heterocycles. The molecule has 1 aliphatic heterocycles. The molecule has 3 N–H and O–H groups in total. The van der Waals surface area contributed by atoms with Gasteiger partial charge in [0, 0.05) is 27.8 Å². The molecular weight excluding hydrogens is 326 g/mol. The van der Waals surface area contributed by atoms with Gasteiger partial charge in [-0.25, -0.2) is 0 Å². The smallest absolute Gasteiger partial charge is 0.313 e. The number of nitrogens with two attached hydrogens (primary N) is 1. The van der Waals surface area contributed by atoms with Gasteiger partial charge in [0.05, 0.1) is 0 Å². The second-order valence-electron chi connectivity index (χ2n) is 7.80. The SMILES string of the molecule is Cc1c(Cl)cccc1NC(=O)C(=O)N1C(C)(C)CC(N)CC1(C)C. The van der Waals surface area contributed by atoms with Crippen LogP contribution in [0.2, 0.25) is 5.02 Å². The first-order valence-corrected chi connectivity index (χ1v) is 8.50. The van der Waals surface area contributed by atoms with Crippen molar-refractivity contribution in [2.24, 2.45) is 5.73 Å². The summed E-state index contributed by atoms with van der Waals surface area (Å²) in [6.45, 7) is 9.59. The number of piperidine rings is 1. The molecule has 0 atom stereocenters. The molecule has 1 aromatic carbocycles. The summed E-state index contributed by atoms with van der Waals surface area (Å²) in [5, 5.41) is 3.24. The first-order chi connectivity index (χ1) is 11.0. The Hall–Kier alpha value is -1.59. The van der Waals surface area contributed by atoms with Gasteiger partial charge in [-0.15, -0.1) is 0 Å². The van der Waals surface area contributed by atoms with Crippen LogP contribution >= 0.6 is 11.6 Å². The van der Waals surface area contributed by atoms with Crippen molar-refractivity contribution in [2.45, 2.75) is 64.6 Å². The largest absolute Gasteiger partial charge is 0.328 e. The summed E-state index contributed by atoms with van der Waals surface area (Å²) in [5.41, 5.74) is 6.44. The molecule has 5 nitrogen and oxygen atoms in total. The number of benzene rings is 1. The van der Waals surface area contributed by atoms with Crippen LogP contribution in [0.5, 0.6) is 0 Å². The van der Waals surface area contributed by atoms with Gasteiger partial charge in [0.25, 0.3) is 0 Å². The molecule has 1 fully saturated rings.